The number of hydrogen-bond donors (Lipinski definition) is 0. The van der Waals surface area contributed by atoms with Crippen LogP contribution in [0.4, 0.5) is 8.78 Å². The van der Waals surface area contributed by atoms with Crippen LogP contribution < -0.4 is 5.43 Å². The minimum atomic E-state index is -2.83. The molecule has 1 heterocycles. The van der Waals surface area contributed by atoms with Gasteiger partial charge in [-0.15, -0.1) is 5.43 Å². The van der Waals surface area contributed by atoms with Gasteiger partial charge >= 0.3 is 6.61 Å². The van der Waals surface area contributed by atoms with E-state index >= 15 is 0 Å². The van der Waals surface area contributed by atoms with Crippen molar-refractivity contribution >= 4 is 5.71 Å². The van der Waals surface area contributed by atoms with E-state index in [2.05, 4.69) is 15.3 Å². The zero-order valence-corrected chi connectivity index (χ0v) is 6.79. The molecule has 0 aromatic rings. The highest BCUT2D eigenvalue weighted by atomic mass is 19.3. The number of rotatable bonds is 3. The highest BCUT2D eigenvalue weighted by molar-refractivity contribution is 5.97. The van der Waals surface area contributed by atoms with E-state index in [0.717, 1.165) is 0 Å². The zero-order chi connectivity index (χ0) is 9.14. The highest BCUT2D eigenvalue weighted by Gasteiger charge is 2.16. The van der Waals surface area contributed by atoms with Crippen molar-refractivity contribution in [3.8, 4) is 0 Å². The van der Waals surface area contributed by atoms with Crippen LogP contribution in [-0.4, -0.2) is 12.3 Å². The molecule has 0 N–H and O–H groups in total. The summed E-state index contributed by atoms with van der Waals surface area (Å²) < 4.78 is 27.3. The maximum Gasteiger partial charge on any atom is 0.388 e. The molecule has 0 amide bonds. The van der Waals surface area contributed by atoms with E-state index in [9.17, 15) is 8.78 Å². The van der Waals surface area contributed by atoms with Crippen LogP contribution in [0.1, 0.15) is 13.8 Å². The minimum Gasteiger partial charge on any atom is -0.415 e. The summed E-state index contributed by atoms with van der Waals surface area (Å²) in [7, 11) is 0. The van der Waals surface area contributed by atoms with Gasteiger partial charge in [-0.2, -0.15) is 13.9 Å². The Labute approximate surface area is 69.1 Å². The van der Waals surface area contributed by atoms with Gasteiger partial charge in [-0.3, -0.25) is 0 Å². The molecular formula is C7H9F2N2O. The summed E-state index contributed by atoms with van der Waals surface area (Å²) in [5, 5.41) is 3.66. The quantitative estimate of drug-likeness (QED) is 0.643. The maximum absolute atomic E-state index is 11.6. The monoisotopic (exact) mass is 175 g/mol. The third-order valence-corrected chi connectivity index (χ3v) is 1.34. The third-order valence-electron chi connectivity index (χ3n) is 1.34. The summed E-state index contributed by atoms with van der Waals surface area (Å²) >= 11 is 0. The van der Waals surface area contributed by atoms with Crippen molar-refractivity contribution in [2.45, 2.75) is 20.5 Å². The SMILES string of the molecule is CC(C)C1=N[N]C(OC(F)F)=C1. The lowest BCUT2D eigenvalue weighted by Crippen LogP contribution is -2.03. The first-order valence-electron chi connectivity index (χ1n) is 3.54. The van der Waals surface area contributed by atoms with Gasteiger partial charge in [-0.1, -0.05) is 13.8 Å². The largest absolute Gasteiger partial charge is 0.415 e. The van der Waals surface area contributed by atoms with Crippen LogP contribution in [0.3, 0.4) is 0 Å². The summed E-state index contributed by atoms with van der Waals surface area (Å²) in [6.45, 7) is 0.966. The summed E-state index contributed by atoms with van der Waals surface area (Å²) in [5.74, 6) is 0.0567. The molecule has 0 aliphatic carbocycles. The van der Waals surface area contributed by atoms with E-state index in [-0.39, 0.29) is 11.8 Å². The molecule has 0 unspecified atom stereocenters. The highest BCUT2D eigenvalue weighted by Crippen LogP contribution is 2.12. The van der Waals surface area contributed by atoms with Crippen molar-refractivity contribution in [2.75, 3.05) is 0 Å². The molecule has 0 saturated heterocycles. The molecule has 0 bridgehead atoms. The van der Waals surface area contributed by atoms with Gasteiger partial charge in [0, 0.05) is 6.08 Å². The Kier molecular flexibility index (Phi) is 2.62. The predicted molar refractivity (Wildman–Crippen MR) is 39.6 cm³/mol. The molecule has 5 heteroatoms. The van der Waals surface area contributed by atoms with E-state index in [1.165, 1.54) is 6.08 Å². The number of allylic oxidation sites excluding steroid dienone is 1. The smallest absolute Gasteiger partial charge is 0.388 e. The molecule has 0 aromatic heterocycles. The summed E-state index contributed by atoms with van der Waals surface area (Å²) in [6.07, 6.45) is 1.41. The lowest BCUT2D eigenvalue weighted by atomic mass is 10.1. The molecule has 0 saturated carbocycles. The second-order valence-electron chi connectivity index (χ2n) is 2.64. The first kappa shape index (κ1) is 8.96. The molecule has 1 rings (SSSR count). The van der Waals surface area contributed by atoms with Gasteiger partial charge in [0.25, 0.3) is 0 Å². The number of ether oxygens (including phenoxy) is 1. The van der Waals surface area contributed by atoms with Crippen molar-refractivity contribution in [3.05, 3.63) is 12.0 Å². The molecule has 1 radical (unpaired) electrons. The average molecular weight is 175 g/mol. The lowest BCUT2D eigenvalue weighted by Gasteiger charge is -2.00. The average Bonchev–Trinajstić information content (AvgIpc) is 2.34. The Morgan fingerprint density at radius 1 is 1.42 bits per heavy atom. The Bertz CT molecular complexity index is 223. The van der Waals surface area contributed by atoms with Crippen molar-refractivity contribution < 1.29 is 13.5 Å². The van der Waals surface area contributed by atoms with Gasteiger partial charge < -0.3 is 4.74 Å². The van der Waals surface area contributed by atoms with Crippen molar-refractivity contribution in [3.63, 3.8) is 0 Å². The van der Waals surface area contributed by atoms with Crippen LogP contribution in [0.2, 0.25) is 0 Å². The fourth-order valence-corrected chi connectivity index (χ4v) is 0.722. The molecule has 1 aliphatic rings. The van der Waals surface area contributed by atoms with E-state index in [1.54, 1.807) is 0 Å². The van der Waals surface area contributed by atoms with Crippen molar-refractivity contribution in [2.24, 2.45) is 11.0 Å². The molecule has 0 fully saturated rings. The molecule has 0 spiro atoms. The Balaban J connectivity index is 2.49. The molecule has 12 heavy (non-hydrogen) atoms. The predicted octanol–water partition coefficient (Wildman–Crippen LogP) is 1.70. The summed E-state index contributed by atoms with van der Waals surface area (Å²) in [5.41, 5.74) is 4.08. The van der Waals surface area contributed by atoms with E-state index in [0.29, 0.717) is 5.71 Å². The van der Waals surface area contributed by atoms with Gasteiger partial charge in [0.1, 0.15) is 0 Å². The van der Waals surface area contributed by atoms with Crippen molar-refractivity contribution in [1.82, 2.24) is 5.43 Å². The standard InChI is InChI=1S/C7H9F2N2O/c1-4(2)5-3-6(11-10-5)12-7(8)9/h3-4,7H,1-2H3. The third kappa shape index (κ3) is 2.18. The van der Waals surface area contributed by atoms with Crippen LogP contribution in [0, 0.1) is 5.92 Å². The van der Waals surface area contributed by atoms with Crippen LogP contribution in [0.15, 0.2) is 17.1 Å². The summed E-state index contributed by atoms with van der Waals surface area (Å²) in [4.78, 5) is 0. The molecular weight excluding hydrogens is 166 g/mol. The van der Waals surface area contributed by atoms with E-state index in [1.807, 2.05) is 13.8 Å². The van der Waals surface area contributed by atoms with Crippen LogP contribution in [0.25, 0.3) is 0 Å². The number of nitrogens with zero attached hydrogens (tertiary/aromatic N) is 2. The van der Waals surface area contributed by atoms with Crippen LogP contribution in [0.5, 0.6) is 0 Å². The van der Waals surface area contributed by atoms with Gasteiger partial charge in [0.2, 0.25) is 5.88 Å². The van der Waals surface area contributed by atoms with Crippen LogP contribution in [-0.2, 0) is 4.74 Å². The van der Waals surface area contributed by atoms with E-state index in [4.69, 9.17) is 0 Å². The normalized spacial score (nSPS) is 16.2. The Morgan fingerprint density at radius 2 is 2.08 bits per heavy atom. The fraction of sp³-hybridized carbons (Fsp3) is 0.571. The fourth-order valence-electron chi connectivity index (χ4n) is 0.722. The van der Waals surface area contributed by atoms with Gasteiger partial charge in [-0.05, 0) is 5.92 Å². The summed E-state index contributed by atoms with van der Waals surface area (Å²) in [6, 6.07) is 0. The minimum absolute atomic E-state index is 0.117. The molecule has 0 atom stereocenters. The van der Waals surface area contributed by atoms with Gasteiger partial charge in [0.15, 0.2) is 0 Å². The first-order chi connectivity index (χ1) is 5.59. The second-order valence-corrected chi connectivity index (χ2v) is 2.64. The number of halogens is 2. The molecule has 3 nitrogen and oxygen atoms in total. The number of hydrogen-bond acceptors (Lipinski definition) is 2. The molecule has 0 aromatic carbocycles. The zero-order valence-electron chi connectivity index (χ0n) is 6.79. The Hall–Kier alpha value is -1.13. The van der Waals surface area contributed by atoms with E-state index < -0.39 is 6.61 Å². The molecule has 67 valence electrons. The molecule has 1 aliphatic heterocycles. The van der Waals surface area contributed by atoms with Crippen molar-refractivity contribution in [1.29, 1.82) is 0 Å². The van der Waals surface area contributed by atoms with Gasteiger partial charge in [-0.25, -0.2) is 0 Å². The lowest BCUT2D eigenvalue weighted by molar-refractivity contribution is -0.101. The maximum atomic E-state index is 11.6. The second kappa shape index (κ2) is 3.51. The number of alkyl halides is 2. The van der Waals surface area contributed by atoms with Crippen LogP contribution >= 0.6 is 0 Å². The Morgan fingerprint density at radius 3 is 2.50 bits per heavy atom. The topological polar surface area (TPSA) is 35.7 Å². The van der Waals surface area contributed by atoms with Gasteiger partial charge in [0.05, 0.1) is 5.71 Å². The first-order valence-corrected chi connectivity index (χ1v) is 3.54.